The molecule has 0 amide bonds. The van der Waals surface area contributed by atoms with Crippen LogP contribution in [0.2, 0.25) is 0 Å². The average Bonchev–Trinajstić information content (AvgIpc) is 2.74. The monoisotopic (exact) mass is 478 g/mol. The maximum absolute atomic E-state index is 12.7. The molecule has 4 saturated carbocycles. The molecule has 3 nitrogen and oxygen atoms in total. The van der Waals surface area contributed by atoms with Gasteiger partial charge in [0, 0.05) is 11.4 Å². The number of aliphatic hydroxyl groups excluding tert-OH is 1. The molecule has 0 heterocycles. The SMILES string of the molecule is C[C@H]1[C@H](C)CC[C@]2(C(=O)[O-])CC[C@]3(C)C(=CCC4[C@@]5(C)CC[C@H](O)C(C)(C)C5CC[C@]43C)[C@H]12.[Na+]. The van der Waals surface area contributed by atoms with Gasteiger partial charge in [-0.25, -0.2) is 0 Å². The van der Waals surface area contributed by atoms with Gasteiger partial charge in [0.05, 0.1) is 6.10 Å². The van der Waals surface area contributed by atoms with Gasteiger partial charge in [-0.15, -0.1) is 0 Å². The second-order valence-electron chi connectivity index (χ2n) is 14.5. The first-order valence-corrected chi connectivity index (χ1v) is 13.9. The maximum atomic E-state index is 12.7. The van der Waals surface area contributed by atoms with E-state index in [0.29, 0.717) is 23.7 Å². The first kappa shape index (κ1) is 27.2. The molecule has 4 fully saturated rings. The summed E-state index contributed by atoms with van der Waals surface area (Å²) in [5.74, 6) is 1.42. The second-order valence-corrected chi connectivity index (χ2v) is 14.5. The summed E-state index contributed by atoms with van der Waals surface area (Å²) in [6.07, 6.45) is 11.3. The van der Waals surface area contributed by atoms with E-state index in [1.165, 1.54) is 18.4 Å². The molecule has 0 aromatic carbocycles. The number of hydrogen-bond acceptors (Lipinski definition) is 3. The molecule has 5 aliphatic rings. The smallest absolute Gasteiger partial charge is 0.550 e. The standard InChI is InChI=1S/C30H48O3.Na/c1-18-10-15-30(25(32)33)17-16-28(6)20(24(30)19(18)2)8-9-22-27(5)13-12-23(31)26(3,4)21(27)11-14-29(22,28)7;/h8,18-19,21-24,31H,9-17H2,1-7H3,(H,32,33);/q;+1/p-1/t18-,19+,21?,22?,23+,24+,27+,28-,29-,30+;/m1./s1. The molecule has 34 heavy (non-hydrogen) atoms. The van der Waals surface area contributed by atoms with Crippen LogP contribution in [-0.2, 0) is 4.79 Å². The number of aliphatic hydroxyl groups is 1. The summed E-state index contributed by atoms with van der Waals surface area (Å²) in [6, 6.07) is 0. The van der Waals surface area contributed by atoms with E-state index in [9.17, 15) is 15.0 Å². The Morgan fingerprint density at radius 2 is 1.62 bits per heavy atom. The Morgan fingerprint density at radius 3 is 2.26 bits per heavy atom. The van der Waals surface area contributed by atoms with Gasteiger partial charge in [0.25, 0.3) is 0 Å². The van der Waals surface area contributed by atoms with Gasteiger partial charge in [-0.05, 0) is 109 Å². The molecule has 5 aliphatic carbocycles. The van der Waals surface area contributed by atoms with E-state index in [4.69, 9.17) is 0 Å². The van der Waals surface area contributed by atoms with Gasteiger partial charge in [0.15, 0.2) is 0 Å². The van der Waals surface area contributed by atoms with E-state index in [1.807, 2.05) is 0 Å². The van der Waals surface area contributed by atoms with E-state index in [0.717, 1.165) is 44.9 Å². The minimum absolute atomic E-state index is 0. The van der Waals surface area contributed by atoms with Crippen LogP contribution in [0.5, 0.6) is 0 Å². The Bertz CT molecular complexity index is 880. The minimum Gasteiger partial charge on any atom is -0.550 e. The predicted molar refractivity (Wildman–Crippen MR) is 130 cm³/mol. The van der Waals surface area contributed by atoms with Gasteiger partial charge < -0.3 is 15.0 Å². The average molecular weight is 479 g/mol. The zero-order valence-corrected chi connectivity index (χ0v) is 25.2. The van der Waals surface area contributed by atoms with Crippen LogP contribution in [0, 0.1) is 56.7 Å². The van der Waals surface area contributed by atoms with Crippen molar-refractivity contribution < 1.29 is 44.6 Å². The summed E-state index contributed by atoms with van der Waals surface area (Å²) >= 11 is 0. The van der Waals surface area contributed by atoms with Gasteiger partial charge in [0.1, 0.15) is 0 Å². The minimum atomic E-state index is -0.792. The Balaban J connectivity index is 0.00000274. The summed E-state index contributed by atoms with van der Waals surface area (Å²) < 4.78 is 0. The number of aliphatic carboxylic acids is 1. The number of carbonyl (C=O) groups excluding carboxylic acids is 1. The van der Waals surface area contributed by atoms with Gasteiger partial charge in [-0.1, -0.05) is 60.1 Å². The molecule has 0 aromatic rings. The zero-order valence-electron chi connectivity index (χ0n) is 23.2. The fraction of sp³-hybridized carbons (Fsp3) is 0.900. The van der Waals surface area contributed by atoms with E-state index in [1.54, 1.807) is 0 Å². The van der Waals surface area contributed by atoms with Crippen molar-refractivity contribution in [1.29, 1.82) is 0 Å². The fourth-order valence-electron chi connectivity index (χ4n) is 10.8. The van der Waals surface area contributed by atoms with E-state index >= 15 is 0 Å². The van der Waals surface area contributed by atoms with Gasteiger partial charge >= 0.3 is 29.6 Å². The molecular weight excluding hydrogens is 431 g/mol. The third-order valence-corrected chi connectivity index (χ3v) is 13.4. The van der Waals surface area contributed by atoms with Crippen molar-refractivity contribution in [2.24, 2.45) is 56.7 Å². The molecule has 5 rings (SSSR count). The van der Waals surface area contributed by atoms with Crippen molar-refractivity contribution in [3.05, 3.63) is 11.6 Å². The number of carboxylic acids is 1. The summed E-state index contributed by atoms with van der Waals surface area (Å²) in [5.41, 5.74) is 1.24. The molecule has 0 radical (unpaired) electrons. The molecule has 10 atom stereocenters. The first-order valence-electron chi connectivity index (χ1n) is 13.9. The van der Waals surface area contributed by atoms with Crippen molar-refractivity contribution in [3.8, 4) is 0 Å². The van der Waals surface area contributed by atoms with Crippen LogP contribution in [-0.4, -0.2) is 17.2 Å². The van der Waals surface area contributed by atoms with E-state index in [2.05, 4.69) is 54.5 Å². The van der Waals surface area contributed by atoms with Crippen molar-refractivity contribution in [2.45, 2.75) is 112 Å². The number of carbonyl (C=O) groups is 1. The molecular formula is C30H47NaO3. The van der Waals surface area contributed by atoms with Crippen LogP contribution in [0.15, 0.2) is 11.6 Å². The number of carboxylic acid groups (broad SMARTS) is 1. The molecule has 1 N–H and O–H groups in total. The zero-order chi connectivity index (χ0) is 24.2. The second kappa shape index (κ2) is 8.34. The van der Waals surface area contributed by atoms with Crippen molar-refractivity contribution in [1.82, 2.24) is 0 Å². The Hall–Kier alpha value is 0.170. The molecule has 186 valence electrons. The number of rotatable bonds is 1. The normalized spacial score (nSPS) is 53.7. The van der Waals surface area contributed by atoms with Crippen molar-refractivity contribution >= 4 is 5.97 Å². The van der Waals surface area contributed by atoms with Crippen LogP contribution in [0.25, 0.3) is 0 Å². The topological polar surface area (TPSA) is 60.4 Å². The van der Waals surface area contributed by atoms with Crippen LogP contribution >= 0.6 is 0 Å². The fourth-order valence-corrected chi connectivity index (χ4v) is 10.8. The van der Waals surface area contributed by atoms with Gasteiger partial charge in [-0.2, -0.15) is 0 Å². The Labute approximate surface area is 230 Å². The molecule has 4 heteroatoms. The molecule has 0 bridgehead atoms. The third kappa shape index (κ3) is 3.18. The van der Waals surface area contributed by atoms with Crippen molar-refractivity contribution in [3.63, 3.8) is 0 Å². The molecule has 0 aliphatic heterocycles. The van der Waals surface area contributed by atoms with Gasteiger partial charge in [-0.3, -0.25) is 0 Å². The summed E-state index contributed by atoms with van der Waals surface area (Å²) in [7, 11) is 0. The summed E-state index contributed by atoms with van der Waals surface area (Å²) in [6.45, 7) is 16.8. The van der Waals surface area contributed by atoms with Crippen LogP contribution in [0.3, 0.4) is 0 Å². The summed E-state index contributed by atoms with van der Waals surface area (Å²) in [5, 5.41) is 23.6. The summed E-state index contributed by atoms with van der Waals surface area (Å²) in [4.78, 5) is 12.7. The maximum Gasteiger partial charge on any atom is 1.00 e. The van der Waals surface area contributed by atoms with E-state index < -0.39 is 11.4 Å². The number of fused-ring (bicyclic) bond motifs is 7. The van der Waals surface area contributed by atoms with Crippen LogP contribution < -0.4 is 34.7 Å². The number of allylic oxidation sites excluding steroid dienone is 2. The quantitative estimate of drug-likeness (QED) is 0.466. The largest absolute Gasteiger partial charge is 1.00 e. The molecule has 0 spiro atoms. The number of hydrogen-bond donors (Lipinski definition) is 1. The van der Waals surface area contributed by atoms with Crippen LogP contribution in [0.4, 0.5) is 0 Å². The molecule has 0 aromatic heterocycles. The first-order chi connectivity index (χ1) is 15.3. The molecule has 2 unspecified atom stereocenters. The van der Waals surface area contributed by atoms with Gasteiger partial charge in [0.2, 0.25) is 0 Å². The Morgan fingerprint density at radius 1 is 0.941 bits per heavy atom. The molecule has 0 saturated heterocycles. The third-order valence-electron chi connectivity index (χ3n) is 13.4. The Kier molecular flexibility index (Phi) is 6.67. The van der Waals surface area contributed by atoms with E-state index in [-0.39, 0.29) is 63.2 Å². The van der Waals surface area contributed by atoms with Crippen LogP contribution in [0.1, 0.15) is 106 Å². The van der Waals surface area contributed by atoms with Crippen molar-refractivity contribution in [2.75, 3.05) is 0 Å². The predicted octanol–water partition coefficient (Wildman–Crippen LogP) is 2.76.